The van der Waals surface area contributed by atoms with Crippen LogP contribution < -0.4 is 4.74 Å². The number of carbonyl (C=O) groups excluding carboxylic acids is 1. The number of rotatable bonds is 6. The van der Waals surface area contributed by atoms with Crippen LogP contribution in [0.2, 0.25) is 0 Å². The van der Waals surface area contributed by atoms with E-state index in [-0.39, 0.29) is 11.7 Å². The van der Waals surface area contributed by atoms with Crippen LogP contribution in [0.15, 0.2) is 85.1 Å². The molecule has 0 bridgehead atoms. The zero-order valence-corrected chi connectivity index (χ0v) is 18.4. The number of aromatic nitrogens is 1. The maximum absolute atomic E-state index is 13.8. The van der Waals surface area contributed by atoms with Crippen LogP contribution >= 0.6 is 0 Å². The van der Waals surface area contributed by atoms with Crippen molar-refractivity contribution in [3.05, 3.63) is 108 Å². The quantitative estimate of drug-likeness (QED) is 0.376. The molecular weight excluding hydrogens is 429 g/mol. The lowest BCUT2D eigenvalue weighted by atomic mass is 9.92. The molecule has 0 N–H and O–H groups in total. The maximum atomic E-state index is 13.8. The molecule has 1 fully saturated rings. The van der Waals surface area contributed by atoms with E-state index in [1.165, 1.54) is 12.1 Å². The summed E-state index contributed by atoms with van der Waals surface area (Å²) in [6.07, 6.45) is 2.38. The Bertz CT molecular complexity index is 1360. The SMILES string of the molecule is N#Cc1ccc(O[C@H](c2ccnc3ccccc23)[C@@H](c2ccc(F)cc2)N2CCCC2=O)cc1. The van der Waals surface area contributed by atoms with Crippen molar-refractivity contribution in [1.82, 2.24) is 9.88 Å². The van der Waals surface area contributed by atoms with Crippen molar-refractivity contribution in [2.45, 2.75) is 25.0 Å². The summed E-state index contributed by atoms with van der Waals surface area (Å²) in [6, 6.07) is 24.5. The molecule has 0 unspecified atom stereocenters. The molecule has 5 rings (SSSR count). The van der Waals surface area contributed by atoms with Crippen LogP contribution in [-0.4, -0.2) is 22.3 Å². The van der Waals surface area contributed by atoms with Crippen molar-refractivity contribution in [1.29, 1.82) is 5.26 Å². The molecule has 1 aliphatic heterocycles. The topological polar surface area (TPSA) is 66.2 Å². The van der Waals surface area contributed by atoms with Crippen LogP contribution in [0.1, 0.15) is 41.7 Å². The average molecular weight is 452 g/mol. The Morgan fingerprint density at radius 3 is 2.47 bits per heavy atom. The lowest BCUT2D eigenvalue weighted by Crippen LogP contribution is -2.36. The molecule has 4 aromatic rings. The van der Waals surface area contributed by atoms with Crippen LogP contribution in [0.5, 0.6) is 5.75 Å². The summed E-state index contributed by atoms with van der Waals surface area (Å²) in [6.45, 7) is 0.594. The minimum absolute atomic E-state index is 0.0427. The zero-order chi connectivity index (χ0) is 23.5. The van der Waals surface area contributed by atoms with Crippen molar-refractivity contribution in [2.24, 2.45) is 0 Å². The monoisotopic (exact) mass is 451 g/mol. The Morgan fingerprint density at radius 1 is 1.00 bits per heavy atom. The lowest BCUT2D eigenvalue weighted by Gasteiger charge is -2.36. The van der Waals surface area contributed by atoms with Crippen molar-refractivity contribution in [3.63, 3.8) is 0 Å². The van der Waals surface area contributed by atoms with E-state index in [4.69, 9.17) is 10.00 Å². The van der Waals surface area contributed by atoms with Crippen LogP contribution in [0.3, 0.4) is 0 Å². The Morgan fingerprint density at radius 2 is 1.76 bits per heavy atom. The molecule has 3 aromatic carbocycles. The molecule has 1 amide bonds. The number of hydrogen-bond donors (Lipinski definition) is 0. The van der Waals surface area contributed by atoms with Gasteiger partial charge >= 0.3 is 0 Å². The second-order valence-corrected chi connectivity index (χ2v) is 8.28. The normalized spacial score (nSPS) is 15.2. The van der Waals surface area contributed by atoms with Gasteiger partial charge in [0.15, 0.2) is 0 Å². The molecule has 5 nitrogen and oxygen atoms in total. The van der Waals surface area contributed by atoms with Gasteiger partial charge in [-0.05, 0) is 60.5 Å². The molecule has 1 aliphatic rings. The predicted molar refractivity (Wildman–Crippen MR) is 126 cm³/mol. The number of carbonyl (C=O) groups is 1. The number of para-hydroxylation sites is 1. The number of nitriles is 1. The summed E-state index contributed by atoms with van der Waals surface area (Å²) in [5, 5.41) is 10.1. The summed E-state index contributed by atoms with van der Waals surface area (Å²) in [4.78, 5) is 19.3. The molecule has 168 valence electrons. The van der Waals surface area contributed by atoms with Gasteiger partial charge in [-0.1, -0.05) is 30.3 Å². The highest BCUT2D eigenvalue weighted by Gasteiger charge is 2.37. The zero-order valence-electron chi connectivity index (χ0n) is 18.4. The maximum Gasteiger partial charge on any atom is 0.223 e. The highest BCUT2D eigenvalue weighted by atomic mass is 19.1. The molecule has 0 radical (unpaired) electrons. The number of hydrogen-bond acceptors (Lipinski definition) is 4. The van der Waals surface area contributed by atoms with E-state index in [0.717, 1.165) is 28.5 Å². The van der Waals surface area contributed by atoms with E-state index >= 15 is 0 Å². The number of benzene rings is 3. The fraction of sp³-hybridized carbons (Fsp3) is 0.179. The van der Waals surface area contributed by atoms with Crippen LogP contribution in [0.25, 0.3) is 10.9 Å². The third-order valence-electron chi connectivity index (χ3n) is 6.18. The van der Waals surface area contributed by atoms with Crippen molar-refractivity contribution in [2.75, 3.05) is 6.54 Å². The van der Waals surface area contributed by atoms with Gasteiger partial charge in [0, 0.05) is 30.1 Å². The number of nitrogens with zero attached hydrogens (tertiary/aromatic N) is 3. The summed E-state index contributed by atoms with van der Waals surface area (Å²) in [5.74, 6) is 0.277. The van der Waals surface area contributed by atoms with Crippen LogP contribution in [0.4, 0.5) is 4.39 Å². The number of halogens is 1. The molecule has 1 saturated heterocycles. The Hall–Kier alpha value is -4.24. The fourth-order valence-electron chi connectivity index (χ4n) is 4.56. The highest BCUT2D eigenvalue weighted by molar-refractivity contribution is 5.83. The van der Waals surface area contributed by atoms with E-state index in [1.807, 2.05) is 35.2 Å². The second-order valence-electron chi connectivity index (χ2n) is 8.28. The molecule has 34 heavy (non-hydrogen) atoms. The number of fused-ring (bicyclic) bond motifs is 1. The number of pyridine rings is 1. The first kappa shape index (κ1) is 21.6. The first-order valence-corrected chi connectivity index (χ1v) is 11.2. The highest BCUT2D eigenvalue weighted by Crippen LogP contribution is 2.41. The van der Waals surface area contributed by atoms with Gasteiger partial charge in [0.05, 0.1) is 23.2 Å². The van der Waals surface area contributed by atoms with Gasteiger partial charge in [-0.25, -0.2) is 4.39 Å². The Labute approximate surface area is 197 Å². The van der Waals surface area contributed by atoms with E-state index in [9.17, 15) is 9.18 Å². The first-order chi connectivity index (χ1) is 16.6. The second kappa shape index (κ2) is 9.32. The summed E-state index contributed by atoms with van der Waals surface area (Å²) < 4.78 is 20.4. The molecule has 1 aromatic heterocycles. The van der Waals surface area contributed by atoms with Gasteiger partial charge in [-0.2, -0.15) is 5.26 Å². The van der Waals surface area contributed by atoms with Gasteiger partial charge in [0.25, 0.3) is 0 Å². The van der Waals surface area contributed by atoms with Gasteiger partial charge in [-0.3, -0.25) is 9.78 Å². The number of ether oxygens (including phenoxy) is 1. The third-order valence-corrected chi connectivity index (χ3v) is 6.18. The summed E-state index contributed by atoms with van der Waals surface area (Å²) in [7, 11) is 0. The van der Waals surface area contributed by atoms with E-state index in [1.54, 1.807) is 42.6 Å². The molecule has 2 atom stereocenters. The van der Waals surface area contributed by atoms with Gasteiger partial charge in [0.2, 0.25) is 5.91 Å². The number of likely N-dealkylation sites (tertiary alicyclic amines) is 1. The van der Waals surface area contributed by atoms with Gasteiger partial charge < -0.3 is 9.64 Å². The molecule has 0 aliphatic carbocycles. The minimum Gasteiger partial charge on any atom is -0.483 e. The molecule has 0 saturated carbocycles. The molecule has 2 heterocycles. The molecule has 6 heteroatoms. The van der Waals surface area contributed by atoms with Gasteiger partial charge in [-0.15, -0.1) is 0 Å². The van der Waals surface area contributed by atoms with E-state index < -0.39 is 12.1 Å². The van der Waals surface area contributed by atoms with Crippen LogP contribution in [0, 0.1) is 17.1 Å². The summed E-state index contributed by atoms with van der Waals surface area (Å²) >= 11 is 0. The van der Waals surface area contributed by atoms with E-state index in [0.29, 0.717) is 24.3 Å². The van der Waals surface area contributed by atoms with Crippen LogP contribution in [-0.2, 0) is 4.79 Å². The average Bonchev–Trinajstić information content (AvgIpc) is 3.30. The smallest absolute Gasteiger partial charge is 0.223 e. The molecular formula is C28H22FN3O2. The molecule has 0 spiro atoms. The third kappa shape index (κ3) is 4.20. The lowest BCUT2D eigenvalue weighted by molar-refractivity contribution is -0.131. The first-order valence-electron chi connectivity index (χ1n) is 11.2. The predicted octanol–water partition coefficient (Wildman–Crippen LogP) is 5.73. The largest absolute Gasteiger partial charge is 0.483 e. The standard InChI is InChI=1S/C28H22FN3O2/c29-21-11-9-20(10-12-21)27(32-17-3-6-26(32)33)28(34-22-13-7-19(18-30)8-14-22)24-15-16-31-25-5-2-1-4-23(24)25/h1-2,4-5,7-16,27-28H,3,6,17H2/t27-,28-/m1/s1. The van der Waals surface area contributed by atoms with Crippen molar-refractivity contribution < 1.29 is 13.9 Å². The Balaban J connectivity index is 1.69. The van der Waals surface area contributed by atoms with Crippen molar-refractivity contribution >= 4 is 16.8 Å². The van der Waals surface area contributed by atoms with Crippen molar-refractivity contribution in [3.8, 4) is 11.8 Å². The minimum atomic E-state index is -0.589. The van der Waals surface area contributed by atoms with E-state index in [2.05, 4.69) is 11.1 Å². The fourth-order valence-corrected chi connectivity index (χ4v) is 4.56. The Kier molecular flexibility index (Phi) is 5.92. The number of amides is 1. The van der Waals surface area contributed by atoms with Gasteiger partial charge in [0.1, 0.15) is 17.7 Å². The summed E-state index contributed by atoms with van der Waals surface area (Å²) in [5.41, 5.74) is 3.02.